The fourth-order valence-electron chi connectivity index (χ4n) is 7.34. The standard InChI is InChI=1S/C38H42N6O2/c1-21-14-30(41-22(21)2)35-39-19-31(42-35)24-8-6-23(7-9-24)25-10-11-27-16-28(13-12-26(27)15-25)32-20-40-36(43-32)34-18-29-17-33(29)44(34)37(45)46-38(3,4)5/h6-13,15-16,19-22,29-30,33-34,41H,14,17-18H2,1-5H3,(H,39,42)(H,40,43)/t21-,22-,29-,30+,33-,34+/m1/s1. The van der Waals surface area contributed by atoms with Gasteiger partial charge in [-0.15, -0.1) is 0 Å². The molecule has 1 amide bonds. The summed E-state index contributed by atoms with van der Waals surface area (Å²) in [6.45, 7) is 10.3. The Morgan fingerprint density at radius 3 is 2.09 bits per heavy atom. The number of likely N-dealkylation sites (tertiary alicyclic amines) is 1. The second-order valence-corrected chi connectivity index (χ2v) is 14.6. The molecule has 1 saturated carbocycles. The van der Waals surface area contributed by atoms with E-state index >= 15 is 0 Å². The number of ether oxygens (including phenoxy) is 1. The van der Waals surface area contributed by atoms with Crippen molar-refractivity contribution < 1.29 is 9.53 Å². The summed E-state index contributed by atoms with van der Waals surface area (Å²) in [6, 6.07) is 22.8. The Balaban J connectivity index is 0.978. The van der Waals surface area contributed by atoms with Crippen LogP contribution in [0, 0.1) is 11.8 Å². The van der Waals surface area contributed by atoms with E-state index < -0.39 is 5.60 Å². The molecule has 0 radical (unpaired) electrons. The minimum absolute atomic E-state index is 0.0750. The number of fused-ring (bicyclic) bond motifs is 2. The second kappa shape index (κ2) is 10.8. The van der Waals surface area contributed by atoms with E-state index in [1.54, 1.807) is 0 Å². The van der Waals surface area contributed by atoms with Crippen LogP contribution >= 0.6 is 0 Å². The summed E-state index contributed by atoms with van der Waals surface area (Å²) >= 11 is 0. The molecule has 0 unspecified atom stereocenters. The van der Waals surface area contributed by atoms with E-state index in [-0.39, 0.29) is 18.2 Å². The van der Waals surface area contributed by atoms with E-state index in [9.17, 15) is 4.79 Å². The molecule has 5 aromatic rings. The molecule has 2 saturated heterocycles. The van der Waals surface area contributed by atoms with Crippen LogP contribution in [0.15, 0.2) is 73.1 Å². The number of H-pyrrole nitrogens is 2. The van der Waals surface area contributed by atoms with Gasteiger partial charge in [-0.3, -0.25) is 4.90 Å². The van der Waals surface area contributed by atoms with Crippen LogP contribution in [0.3, 0.4) is 0 Å². The Morgan fingerprint density at radius 1 is 0.783 bits per heavy atom. The maximum Gasteiger partial charge on any atom is 0.411 e. The molecule has 1 aliphatic carbocycles. The number of carbonyl (C=O) groups excluding carboxylic acids is 1. The van der Waals surface area contributed by atoms with Gasteiger partial charge in [-0.2, -0.15) is 0 Å². The molecule has 2 aliphatic heterocycles. The summed E-state index contributed by atoms with van der Waals surface area (Å²) in [7, 11) is 0. The van der Waals surface area contributed by atoms with Gasteiger partial charge in [0.1, 0.15) is 17.2 Å². The van der Waals surface area contributed by atoms with Crippen LogP contribution < -0.4 is 5.32 Å². The SMILES string of the molecule is C[C@@H]1C[C@@H](c2ncc(-c3ccc(-c4ccc5cc(-c6cnc([C@@H]7C[C@H]8C[C@H]8N7C(=O)OC(C)(C)C)[nH]6)ccc5c4)cc3)[nH]2)N[C@@H]1C. The van der Waals surface area contributed by atoms with E-state index in [4.69, 9.17) is 9.72 Å². The van der Waals surface area contributed by atoms with Gasteiger partial charge in [0.25, 0.3) is 0 Å². The fourth-order valence-corrected chi connectivity index (χ4v) is 7.34. The van der Waals surface area contributed by atoms with Gasteiger partial charge in [0.2, 0.25) is 0 Å². The van der Waals surface area contributed by atoms with Gasteiger partial charge in [0.15, 0.2) is 0 Å². The molecule has 6 atom stereocenters. The van der Waals surface area contributed by atoms with Gasteiger partial charge in [0, 0.05) is 17.6 Å². The van der Waals surface area contributed by atoms with Crippen LogP contribution in [0.25, 0.3) is 44.4 Å². The highest BCUT2D eigenvalue weighted by Crippen LogP contribution is 2.53. The molecule has 3 aliphatic rings. The summed E-state index contributed by atoms with van der Waals surface area (Å²) in [5.41, 5.74) is 6.05. The van der Waals surface area contributed by atoms with Crippen molar-refractivity contribution in [1.82, 2.24) is 30.2 Å². The van der Waals surface area contributed by atoms with Crippen LogP contribution in [-0.2, 0) is 4.74 Å². The quantitative estimate of drug-likeness (QED) is 0.185. The first-order valence-electron chi connectivity index (χ1n) is 16.6. The van der Waals surface area contributed by atoms with Crippen molar-refractivity contribution in [3.05, 3.63) is 84.7 Å². The molecule has 8 nitrogen and oxygen atoms in total. The van der Waals surface area contributed by atoms with Crippen LogP contribution in [0.1, 0.15) is 77.6 Å². The number of amides is 1. The number of rotatable bonds is 5. The summed E-state index contributed by atoms with van der Waals surface area (Å²) in [5.74, 6) is 3.05. The first-order valence-corrected chi connectivity index (χ1v) is 16.6. The summed E-state index contributed by atoms with van der Waals surface area (Å²) in [4.78, 5) is 31.4. The molecule has 3 fully saturated rings. The van der Waals surface area contributed by atoms with Crippen molar-refractivity contribution in [3.8, 4) is 33.6 Å². The fraction of sp³-hybridized carbons (Fsp3) is 0.395. The lowest BCUT2D eigenvalue weighted by Crippen LogP contribution is -2.38. The van der Waals surface area contributed by atoms with Crippen molar-refractivity contribution in [2.45, 2.75) is 83.6 Å². The third-order valence-corrected chi connectivity index (χ3v) is 10.2. The van der Waals surface area contributed by atoms with Crippen LogP contribution in [-0.4, -0.2) is 48.6 Å². The summed E-state index contributed by atoms with van der Waals surface area (Å²) < 4.78 is 5.74. The largest absolute Gasteiger partial charge is 0.444 e. The zero-order valence-electron chi connectivity index (χ0n) is 27.2. The molecule has 4 heterocycles. The minimum Gasteiger partial charge on any atom is -0.444 e. The van der Waals surface area contributed by atoms with E-state index in [1.165, 1.54) is 21.9 Å². The molecule has 8 heteroatoms. The average molecular weight is 615 g/mol. The molecular weight excluding hydrogens is 572 g/mol. The average Bonchev–Trinajstić information content (AvgIpc) is 3.50. The molecule has 2 aromatic heterocycles. The number of imidazole rings is 2. The normalized spacial score (nSPS) is 25.6. The van der Waals surface area contributed by atoms with E-state index in [2.05, 4.69) is 94.8 Å². The van der Waals surface area contributed by atoms with E-state index in [1.807, 2.05) is 38.1 Å². The van der Waals surface area contributed by atoms with Crippen molar-refractivity contribution >= 4 is 16.9 Å². The topological polar surface area (TPSA) is 98.9 Å². The molecule has 46 heavy (non-hydrogen) atoms. The Labute approximate surface area is 270 Å². The molecule has 8 rings (SSSR count). The highest BCUT2D eigenvalue weighted by Gasteiger charge is 2.56. The number of benzene rings is 3. The van der Waals surface area contributed by atoms with Gasteiger partial charge in [-0.25, -0.2) is 14.8 Å². The number of aromatic nitrogens is 4. The van der Waals surface area contributed by atoms with Crippen LogP contribution in [0.4, 0.5) is 4.79 Å². The van der Waals surface area contributed by atoms with Gasteiger partial charge >= 0.3 is 6.09 Å². The molecule has 0 bridgehead atoms. The lowest BCUT2D eigenvalue weighted by Gasteiger charge is -2.29. The number of piperidine rings is 1. The summed E-state index contributed by atoms with van der Waals surface area (Å²) in [5, 5.41) is 6.00. The van der Waals surface area contributed by atoms with Crippen LogP contribution in [0.5, 0.6) is 0 Å². The van der Waals surface area contributed by atoms with Crippen LogP contribution in [0.2, 0.25) is 0 Å². The van der Waals surface area contributed by atoms with Crippen molar-refractivity contribution in [3.63, 3.8) is 0 Å². The number of aromatic amines is 2. The Kier molecular flexibility index (Phi) is 6.83. The van der Waals surface area contributed by atoms with E-state index in [0.29, 0.717) is 23.9 Å². The number of nitrogens with zero attached hydrogens (tertiary/aromatic N) is 3. The smallest absolute Gasteiger partial charge is 0.411 e. The lowest BCUT2D eigenvalue weighted by atomic mass is 9.98. The third-order valence-electron chi connectivity index (χ3n) is 10.2. The Morgan fingerprint density at radius 2 is 1.39 bits per heavy atom. The van der Waals surface area contributed by atoms with Crippen molar-refractivity contribution in [2.24, 2.45) is 11.8 Å². The predicted molar refractivity (Wildman–Crippen MR) is 181 cm³/mol. The second-order valence-electron chi connectivity index (χ2n) is 14.6. The number of carbonyl (C=O) groups is 1. The zero-order chi connectivity index (χ0) is 31.7. The zero-order valence-corrected chi connectivity index (χ0v) is 27.2. The van der Waals surface area contributed by atoms with Gasteiger partial charge in [-0.1, -0.05) is 55.5 Å². The van der Waals surface area contributed by atoms with Gasteiger partial charge in [-0.05, 0) is 98.4 Å². The highest BCUT2D eigenvalue weighted by atomic mass is 16.6. The van der Waals surface area contributed by atoms with Gasteiger partial charge < -0.3 is 20.0 Å². The number of nitrogens with one attached hydrogen (secondary N) is 3. The monoisotopic (exact) mass is 614 g/mol. The first kappa shape index (κ1) is 29.0. The first-order chi connectivity index (χ1) is 22.1. The molecular formula is C38H42N6O2. The maximum absolute atomic E-state index is 13.0. The Bertz CT molecular complexity index is 1910. The maximum atomic E-state index is 13.0. The highest BCUT2D eigenvalue weighted by molar-refractivity contribution is 5.90. The van der Waals surface area contributed by atoms with Crippen molar-refractivity contribution in [2.75, 3.05) is 0 Å². The van der Waals surface area contributed by atoms with Crippen molar-refractivity contribution in [1.29, 1.82) is 0 Å². The molecule has 3 N–H and O–H groups in total. The number of hydrogen-bond acceptors (Lipinski definition) is 5. The lowest BCUT2D eigenvalue weighted by molar-refractivity contribution is 0.0175. The van der Waals surface area contributed by atoms with Gasteiger partial charge in [0.05, 0.1) is 35.9 Å². The van der Waals surface area contributed by atoms with E-state index in [0.717, 1.165) is 53.4 Å². The predicted octanol–water partition coefficient (Wildman–Crippen LogP) is 8.42. The summed E-state index contributed by atoms with van der Waals surface area (Å²) in [6.07, 6.45) is 6.68. The third kappa shape index (κ3) is 5.38. The number of hydrogen-bond donors (Lipinski definition) is 3. The molecule has 3 aromatic carbocycles. The Hall–Kier alpha value is -4.43. The molecule has 236 valence electrons. The molecule has 0 spiro atoms. The minimum atomic E-state index is -0.521.